The van der Waals surface area contributed by atoms with Gasteiger partial charge in [-0.1, -0.05) is 28.8 Å². The number of alkyl halides is 6. The third-order valence-electron chi connectivity index (χ3n) is 3.95. The van der Waals surface area contributed by atoms with Gasteiger partial charge in [-0.2, -0.15) is 34.8 Å². The fourth-order valence-corrected chi connectivity index (χ4v) is 4.82. The van der Waals surface area contributed by atoms with Crippen LogP contribution in [0.5, 0.6) is 0 Å². The topological polar surface area (TPSA) is 105 Å². The molecule has 1 aliphatic rings. The van der Waals surface area contributed by atoms with Gasteiger partial charge < -0.3 is 0 Å². The summed E-state index contributed by atoms with van der Waals surface area (Å²) in [5, 5.41) is 0. The van der Waals surface area contributed by atoms with Crippen molar-refractivity contribution in [2.24, 2.45) is 10.9 Å². The lowest BCUT2D eigenvalue weighted by atomic mass is 9.97. The Morgan fingerprint density at radius 3 is 2.16 bits per heavy atom. The van der Waals surface area contributed by atoms with Crippen molar-refractivity contribution in [3.05, 3.63) is 46.6 Å². The summed E-state index contributed by atoms with van der Waals surface area (Å²) < 4.78 is 128. The Bertz CT molecular complexity index is 1050. The van der Waals surface area contributed by atoms with E-state index < -0.39 is 55.0 Å². The van der Waals surface area contributed by atoms with Crippen molar-refractivity contribution < 1.29 is 43.2 Å². The van der Waals surface area contributed by atoms with Crippen molar-refractivity contribution >= 4 is 25.9 Å². The summed E-state index contributed by atoms with van der Waals surface area (Å²) in [6.07, 6.45) is -6.15. The molecule has 1 aliphatic carbocycles. The first kappa shape index (κ1) is 26.9. The first-order valence-electron chi connectivity index (χ1n) is 8.33. The third-order valence-corrected chi connectivity index (χ3v) is 7.09. The average Bonchev–Trinajstić information content (AvgIpc) is 2.56. The van der Waals surface area contributed by atoms with E-state index in [2.05, 4.69) is 4.99 Å². The Hall–Kier alpha value is -2.13. The highest BCUT2D eigenvalue weighted by Gasteiger charge is 2.41. The average molecular weight is 495 g/mol. The van der Waals surface area contributed by atoms with Crippen LogP contribution in [0.2, 0.25) is 0 Å². The first-order valence-corrected chi connectivity index (χ1v) is 11.3. The van der Waals surface area contributed by atoms with Gasteiger partial charge in [0, 0.05) is 7.05 Å². The van der Waals surface area contributed by atoms with Crippen LogP contribution in [0.3, 0.4) is 0 Å². The minimum atomic E-state index is -5.60. The van der Waals surface area contributed by atoms with Crippen LogP contribution >= 0.6 is 0 Å². The summed E-state index contributed by atoms with van der Waals surface area (Å²) in [4.78, 5) is 2.06. The summed E-state index contributed by atoms with van der Waals surface area (Å²) >= 11 is 0. The Morgan fingerprint density at radius 1 is 1.10 bits per heavy atom. The van der Waals surface area contributed by atoms with E-state index in [1.807, 2.05) is 6.92 Å². The Labute approximate surface area is 175 Å². The number of nitrogens with zero attached hydrogens (tertiary/aromatic N) is 1. The molecule has 176 valence electrons. The van der Waals surface area contributed by atoms with Gasteiger partial charge in [-0.15, -0.1) is 0 Å². The predicted molar refractivity (Wildman–Crippen MR) is 102 cm³/mol. The molecular formula is C16H19F6N3O4S2. The highest BCUT2D eigenvalue weighted by Crippen LogP contribution is 2.27. The van der Waals surface area contributed by atoms with Gasteiger partial charge in [0.25, 0.3) is 10.0 Å². The fraction of sp³-hybridized carbons (Fsp3) is 0.438. The van der Waals surface area contributed by atoms with Crippen LogP contribution in [0.1, 0.15) is 20.3 Å². The molecule has 0 saturated heterocycles. The molecular weight excluding hydrogens is 476 g/mol. The number of nitrogens with one attached hydrogen (secondary N) is 2. The van der Waals surface area contributed by atoms with Crippen LogP contribution < -0.4 is 8.85 Å². The summed E-state index contributed by atoms with van der Waals surface area (Å²) in [5.41, 5.74) is -3.66. The fourth-order valence-electron chi connectivity index (χ4n) is 2.12. The Kier molecular flexibility index (Phi) is 8.30. The zero-order chi connectivity index (χ0) is 24.3. The van der Waals surface area contributed by atoms with Gasteiger partial charge in [0.05, 0.1) is 4.91 Å². The minimum absolute atomic E-state index is 0.0673. The zero-order valence-electron chi connectivity index (χ0n) is 16.3. The summed E-state index contributed by atoms with van der Waals surface area (Å²) in [6.45, 7) is 3.56. The van der Waals surface area contributed by atoms with E-state index in [0.29, 0.717) is 13.5 Å². The molecule has 1 atom stereocenters. The van der Waals surface area contributed by atoms with Gasteiger partial charge >= 0.3 is 22.6 Å². The molecule has 2 N–H and O–H groups in total. The van der Waals surface area contributed by atoms with Gasteiger partial charge in [-0.05, 0) is 37.5 Å². The van der Waals surface area contributed by atoms with Crippen LogP contribution in [0.15, 0.2) is 51.5 Å². The number of aliphatic imine (C=N–C) groups is 1. The van der Waals surface area contributed by atoms with Gasteiger partial charge in [0.1, 0.15) is 11.4 Å². The molecule has 31 heavy (non-hydrogen) atoms. The molecule has 15 heteroatoms. The molecule has 0 heterocycles. The molecule has 0 aromatic rings. The van der Waals surface area contributed by atoms with E-state index in [1.165, 1.54) is 12.2 Å². The molecule has 0 aromatic heterocycles. The molecule has 0 spiro atoms. The molecule has 0 bridgehead atoms. The third kappa shape index (κ3) is 8.14. The highest BCUT2D eigenvalue weighted by atomic mass is 32.3. The standard InChI is InChI=1S/C16H19F6N3O4S2/c1-10-5-4-6-12(8-7-11(10)2)30(26,27)25-31(28,29)24-14(16(20,21)22)9-13(23-3)15(17,18)19/h4,6-10,24-25H,5H2,1-3H3/b6-4+,11-7-,12-8+,14-9-,23-13+. The number of hydrogen-bond donors (Lipinski definition) is 2. The smallest absolute Gasteiger partial charge is 0.284 e. The van der Waals surface area contributed by atoms with Crippen LogP contribution in [-0.2, 0) is 20.2 Å². The molecule has 0 aliphatic heterocycles. The van der Waals surface area contributed by atoms with Crippen molar-refractivity contribution in [3.63, 3.8) is 0 Å². The van der Waals surface area contributed by atoms with Gasteiger partial charge in [0.15, 0.2) is 0 Å². The van der Waals surface area contributed by atoms with Gasteiger partial charge in [-0.25, -0.2) is 8.42 Å². The second kappa shape index (κ2) is 9.56. The van der Waals surface area contributed by atoms with E-state index in [0.717, 1.165) is 26.6 Å². The van der Waals surface area contributed by atoms with E-state index in [9.17, 15) is 43.2 Å². The lowest BCUT2D eigenvalue weighted by molar-refractivity contribution is -0.0947. The van der Waals surface area contributed by atoms with Crippen molar-refractivity contribution in [2.75, 3.05) is 7.05 Å². The summed E-state index contributed by atoms with van der Waals surface area (Å²) in [7, 11) is -9.85. The van der Waals surface area contributed by atoms with Gasteiger partial charge in [-0.3, -0.25) is 9.71 Å². The molecule has 0 radical (unpaired) electrons. The van der Waals surface area contributed by atoms with E-state index >= 15 is 0 Å². The molecule has 1 rings (SSSR count). The normalized spacial score (nSPS) is 24.4. The number of rotatable bonds is 6. The molecule has 1 unspecified atom stereocenters. The highest BCUT2D eigenvalue weighted by molar-refractivity contribution is 8.06. The monoisotopic (exact) mass is 495 g/mol. The maximum absolute atomic E-state index is 13.1. The van der Waals surface area contributed by atoms with E-state index in [4.69, 9.17) is 0 Å². The van der Waals surface area contributed by atoms with E-state index in [1.54, 1.807) is 6.92 Å². The zero-order valence-corrected chi connectivity index (χ0v) is 18.0. The largest absolute Gasteiger partial charge is 0.432 e. The molecule has 0 aromatic carbocycles. The van der Waals surface area contributed by atoms with Gasteiger partial charge in [0.2, 0.25) is 0 Å². The molecule has 0 amide bonds. The first-order chi connectivity index (χ1) is 13.9. The SMILES string of the molecule is C/N=C(\C=C(/NS(=O)(=O)NS(=O)(=O)C1=C/C=C(/C)C(C)C\C=C\1)C(F)(F)F)C(F)(F)F. The number of sulfonamides is 1. The maximum Gasteiger partial charge on any atom is 0.432 e. The van der Waals surface area contributed by atoms with Crippen molar-refractivity contribution in [1.29, 1.82) is 0 Å². The summed E-state index contributed by atoms with van der Waals surface area (Å²) in [5.74, 6) is 0.0673. The van der Waals surface area contributed by atoms with Crippen molar-refractivity contribution in [1.82, 2.24) is 8.85 Å². The van der Waals surface area contributed by atoms with Crippen LogP contribution in [-0.4, -0.2) is 41.9 Å². The maximum atomic E-state index is 13.1. The molecule has 7 nitrogen and oxygen atoms in total. The quantitative estimate of drug-likeness (QED) is 0.436. The van der Waals surface area contributed by atoms with E-state index in [-0.39, 0.29) is 5.92 Å². The second-order valence-corrected chi connectivity index (χ2v) is 9.73. The minimum Gasteiger partial charge on any atom is -0.284 e. The summed E-state index contributed by atoms with van der Waals surface area (Å²) in [6, 6.07) is 0. The number of allylic oxidation sites excluding steroid dienone is 7. The number of hydrogen-bond acceptors (Lipinski definition) is 5. The molecule has 0 fully saturated rings. The van der Waals surface area contributed by atoms with Crippen LogP contribution in [0, 0.1) is 5.92 Å². The molecule has 0 saturated carbocycles. The van der Waals surface area contributed by atoms with Crippen LogP contribution in [0.4, 0.5) is 26.3 Å². The van der Waals surface area contributed by atoms with Crippen molar-refractivity contribution in [2.45, 2.75) is 32.6 Å². The predicted octanol–water partition coefficient (Wildman–Crippen LogP) is 3.25. The Morgan fingerprint density at radius 2 is 1.68 bits per heavy atom. The van der Waals surface area contributed by atoms with Crippen molar-refractivity contribution in [3.8, 4) is 0 Å². The Balaban J connectivity index is 3.31. The van der Waals surface area contributed by atoms with Crippen LogP contribution in [0.25, 0.3) is 0 Å². The number of halogens is 6. The lowest BCUT2D eigenvalue weighted by Gasteiger charge is -2.17. The lowest BCUT2D eigenvalue weighted by Crippen LogP contribution is -2.43. The second-order valence-electron chi connectivity index (χ2n) is 6.37.